The zero-order chi connectivity index (χ0) is 18.4. The number of fused-ring (bicyclic) bond motifs is 1. The lowest BCUT2D eigenvalue weighted by Gasteiger charge is -2.25. The van der Waals surface area contributed by atoms with Crippen LogP contribution >= 0.6 is 11.6 Å². The predicted molar refractivity (Wildman–Crippen MR) is 108 cm³/mol. The summed E-state index contributed by atoms with van der Waals surface area (Å²) in [6.07, 6.45) is 5.56. The molecule has 6 heteroatoms. The van der Waals surface area contributed by atoms with Gasteiger partial charge < -0.3 is 5.73 Å². The van der Waals surface area contributed by atoms with E-state index in [1.807, 2.05) is 22.8 Å². The fourth-order valence-electron chi connectivity index (χ4n) is 3.60. The molecular weight excluding hydrogens is 358 g/mol. The highest BCUT2D eigenvalue weighted by Gasteiger charge is 2.21. The quantitative estimate of drug-likeness (QED) is 0.512. The molecule has 2 N–H and O–H groups in total. The summed E-state index contributed by atoms with van der Waals surface area (Å²) in [5, 5.41) is 0.431. The van der Waals surface area contributed by atoms with Gasteiger partial charge in [-0.25, -0.2) is 15.0 Å². The summed E-state index contributed by atoms with van der Waals surface area (Å²) in [6.45, 7) is 0. The van der Waals surface area contributed by atoms with E-state index in [0.29, 0.717) is 28.4 Å². The Kier molecular flexibility index (Phi) is 3.83. The van der Waals surface area contributed by atoms with Crippen LogP contribution in [0, 0.1) is 0 Å². The SMILES string of the molecule is Nc1ncccc1-c1nc2ccc(Cl)nc2n1-c1ccc(C2CCC2)cc1. The van der Waals surface area contributed by atoms with Crippen LogP contribution < -0.4 is 5.73 Å². The summed E-state index contributed by atoms with van der Waals surface area (Å²) < 4.78 is 2.00. The highest BCUT2D eigenvalue weighted by Crippen LogP contribution is 2.37. The maximum absolute atomic E-state index is 6.17. The van der Waals surface area contributed by atoms with Crippen LogP contribution in [0.2, 0.25) is 5.15 Å². The van der Waals surface area contributed by atoms with Crippen LogP contribution in [0.15, 0.2) is 54.7 Å². The summed E-state index contributed by atoms with van der Waals surface area (Å²) in [5.41, 5.74) is 10.7. The van der Waals surface area contributed by atoms with E-state index in [0.717, 1.165) is 16.8 Å². The smallest absolute Gasteiger partial charge is 0.166 e. The Morgan fingerprint density at radius 3 is 2.52 bits per heavy atom. The normalized spacial score (nSPS) is 14.4. The molecule has 1 saturated carbocycles. The number of nitrogens with zero attached hydrogens (tertiary/aromatic N) is 4. The van der Waals surface area contributed by atoms with E-state index in [1.165, 1.54) is 24.8 Å². The van der Waals surface area contributed by atoms with Crippen LogP contribution in [0.25, 0.3) is 28.2 Å². The number of rotatable bonds is 3. The largest absolute Gasteiger partial charge is 0.383 e. The van der Waals surface area contributed by atoms with Gasteiger partial charge in [0.15, 0.2) is 11.5 Å². The molecule has 0 unspecified atom stereocenters. The number of halogens is 1. The Hall–Kier alpha value is -2.92. The lowest BCUT2D eigenvalue weighted by Crippen LogP contribution is -2.08. The first-order valence-corrected chi connectivity index (χ1v) is 9.45. The number of hydrogen-bond donors (Lipinski definition) is 1. The van der Waals surface area contributed by atoms with Crippen molar-refractivity contribution in [2.45, 2.75) is 25.2 Å². The van der Waals surface area contributed by atoms with E-state index in [1.54, 1.807) is 12.3 Å². The van der Waals surface area contributed by atoms with Gasteiger partial charge in [0.1, 0.15) is 16.5 Å². The Morgan fingerprint density at radius 1 is 1.00 bits per heavy atom. The molecule has 0 aliphatic heterocycles. The third kappa shape index (κ3) is 2.75. The zero-order valence-electron chi connectivity index (χ0n) is 14.6. The minimum atomic E-state index is 0.431. The summed E-state index contributed by atoms with van der Waals surface area (Å²) >= 11 is 6.17. The molecular formula is C21H18ClN5. The number of nitrogens with two attached hydrogens (primary N) is 1. The van der Waals surface area contributed by atoms with Crippen molar-refractivity contribution >= 4 is 28.6 Å². The lowest BCUT2D eigenvalue weighted by atomic mass is 9.80. The number of anilines is 1. The van der Waals surface area contributed by atoms with Gasteiger partial charge in [0.2, 0.25) is 0 Å². The minimum absolute atomic E-state index is 0.431. The van der Waals surface area contributed by atoms with E-state index in [-0.39, 0.29) is 0 Å². The summed E-state index contributed by atoms with van der Waals surface area (Å²) in [7, 11) is 0. The Balaban J connectivity index is 1.72. The number of nitrogen functional groups attached to an aromatic ring is 1. The molecule has 0 atom stereocenters. The minimum Gasteiger partial charge on any atom is -0.383 e. The second kappa shape index (κ2) is 6.35. The molecule has 0 amide bonds. The third-order valence-electron chi connectivity index (χ3n) is 5.28. The third-order valence-corrected chi connectivity index (χ3v) is 5.49. The molecule has 5 rings (SSSR count). The maximum Gasteiger partial charge on any atom is 0.166 e. The van der Waals surface area contributed by atoms with Gasteiger partial charge in [0.25, 0.3) is 0 Å². The van der Waals surface area contributed by atoms with E-state index in [2.05, 4.69) is 34.2 Å². The second-order valence-corrected chi connectivity index (χ2v) is 7.29. The van der Waals surface area contributed by atoms with Crippen molar-refractivity contribution in [1.29, 1.82) is 0 Å². The molecule has 3 heterocycles. The Bertz CT molecular complexity index is 1130. The molecule has 4 aromatic rings. The first-order valence-electron chi connectivity index (χ1n) is 9.07. The molecule has 27 heavy (non-hydrogen) atoms. The Labute approximate surface area is 161 Å². The van der Waals surface area contributed by atoms with Crippen LogP contribution in [0.3, 0.4) is 0 Å². The van der Waals surface area contributed by atoms with Crippen molar-refractivity contribution in [2.75, 3.05) is 5.73 Å². The van der Waals surface area contributed by atoms with Crippen LogP contribution in [0.5, 0.6) is 0 Å². The number of pyridine rings is 2. The molecule has 0 spiro atoms. The fourth-order valence-corrected chi connectivity index (χ4v) is 3.75. The van der Waals surface area contributed by atoms with Crippen molar-refractivity contribution in [3.8, 4) is 17.1 Å². The van der Waals surface area contributed by atoms with Gasteiger partial charge in [0.05, 0.1) is 5.56 Å². The lowest BCUT2D eigenvalue weighted by molar-refractivity contribution is 0.420. The Morgan fingerprint density at radius 2 is 1.81 bits per heavy atom. The molecule has 0 bridgehead atoms. The summed E-state index contributed by atoms with van der Waals surface area (Å²) in [5.74, 6) is 1.84. The highest BCUT2D eigenvalue weighted by atomic mass is 35.5. The molecule has 1 aliphatic carbocycles. The highest BCUT2D eigenvalue weighted by molar-refractivity contribution is 6.29. The summed E-state index contributed by atoms with van der Waals surface area (Å²) in [6, 6.07) is 16.0. The van der Waals surface area contributed by atoms with Crippen LogP contribution in [0.4, 0.5) is 5.82 Å². The number of benzene rings is 1. The molecule has 1 aromatic carbocycles. The van der Waals surface area contributed by atoms with Crippen molar-refractivity contribution in [3.63, 3.8) is 0 Å². The number of aromatic nitrogens is 4. The maximum atomic E-state index is 6.17. The van der Waals surface area contributed by atoms with Gasteiger partial charge in [-0.1, -0.05) is 30.2 Å². The molecule has 5 nitrogen and oxygen atoms in total. The molecule has 134 valence electrons. The van der Waals surface area contributed by atoms with Crippen molar-refractivity contribution in [3.05, 3.63) is 65.4 Å². The molecule has 3 aromatic heterocycles. The van der Waals surface area contributed by atoms with E-state index in [9.17, 15) is 0 Å². The molecule has 1 fully saturated rings. The molecule has 0 radical (unpaired) electrons. The van der Waals surface area contributed by atoms with Crippen molar-refractivity contribution < 1.29 is 0 Å². The van der Waals surface area contributed by atoms with Crippen molar-refractivity contribution in [2.24, 2.45) is 0 Å². The number of hydrogen-bond acceptors (Lipinski definition) is 4. The molecule has 0 saturated heterocycles. The van der Waals surface area contributed by atoms with Gasteiger partial charge in [-0.2, -0.15) is 0 Å². The average molecular weight is 376 g/mol. The zero-order valence-corrected chi connectivity index (χ0v) is 15.4. The van der Waals surface area contributed by atoms with Crippen molar-refractivity contribution in [1.82, 2.24) is 19.5 Å². The van der Waals surface area contributed by atoms with Gasteiger partial charge in [-0.05, 0) is 60.7 Å². The van der Waals surface area contributed by atoms with Gasteiger partial charge in [0, 0.05) is 11.9 Å². The fraction of sp³-hybridized carbons (Fsp3) is 0.190. The molecule has 1 aliphatic rings. The standard InChI is InChI=1S/C21H18ClN5/c22-18-11-10-17-21(26-18)27(20(25-17)16-5-2-12-24-19(16)23)15-8-6-14(7-9-15)13-3-1-4-13/h2,5-13H,1,3-4H2,(H2,23,24). The average Bonchev–Trinajstić information content (AvgIpc) is 3.00. The first-order chi connectivity index (χ1) is 13.2. The van der Waals surface area contributed by atoms with Gasteiger partial charge in [-0.15, -0.1) is 0 Å². The monoisotopic (exact) mass is 375 g/mol. The van der Waals surface area contributed by atoms with Gasteiger partial charge in [-0.3, -0.25) is 4.57 Å². The van der Waals surface area contributed by atoms with E-state index < -0.39 is 0 Å². The van der Waals surface area contributed by atoms with Gasteiger partial charge >= 0.3 is 0 Å². The second-order valence-electron chi connectivity index (χ2n) is 6.90. The van der Waals surface area contributed by atoms with Crippen LogP contribution in [-0.4, -0.2) is 19.5 Å². The summed E-state index contributed by atoms with van der Waals surface area (Å²) in [4.78, 5) is 13.5. The van der Waals surface area contributed by atoms with E-state index >= 15 is 0 Å². The number of imidazole rings is 1. The van der Waals surface area contributed by atoms with Crippen LogP contribution in [-0.2, 0) is 0 Å². The van der Waals surface area contributed by atoms with E-state index in [4.69, 9.17) is 22.3 Å². The first kappa shape index (κ1) is 16.3. The van der Waals surface area contributed by atoms with Crippen LogP contribution in [0.1, 0.15) is 30.7 Å². The topological polar surface area (TPSA) is 69.6 Å². The predicted octanol–water partition coefficient (Wildman–Crippen LogP) is 4.99.